The minimum Gasteiger partial charge on any atom is -0.507 e. The zero-order valence-electron chi connectivity index (χ0n) is 14.0. The number of hydrazone groups is 1. The molecule has 25 heavy (non-hydrogen) atoms. The summed E-state index contributed by atoms with van der Waals surface area (Å²) < 4.78 is 5.28. The van der Waals surface area contributed by atoms with Gasteiger partial charge < -0.3 is 9.84 Å². The van der Waals surface area contributed by atoms with Gasteiger partial charge in [-0.2, -0.15) is 5.10 Å². The van der Waals surface area contributed by atoms with E-state index in [1.54, 1.807) is 37.6 Å². The molecule has 2 N–H and O–H groups in total. The van der Waals surface area contributed by atoms with E-state index < -0.39 is 0 Å². The van der Waals surface area contributed by atoms with Gasteiger partial charge in [0.05, 0.1) is 18.9 Å². The molecule has 0 amide bonds. The van der Waals surface area contributed by atoms with Gasteiger partial charge >= 0.3 is 0 Å². The number of nitrogens with one attached hydrogen (secondary N) is 1. The monoisotopic (exact) mass is 334 g/mol. The Morgan fingerprint density at radius 2 is 1.84 bits per heavy atom. The Morgan fingerprint density at radius 3 is 2.64 bits per heavy atom. The third-order valence-electron chi connectivity index (χ3n) is 3.52. The van der Waals surface area contributed by atoms with E-state index in [-0.39, 0.29) is 5.75 Å². The van der Waals surface area contributed by atoms with Crippen molar-refractivity contribution in [3.8, 4) is 22.9 Å². The summed E-state index contributed by atoms with van der Waals surface area (Å²) in [4.78, 5) is 8.79. The molecule has 3 rings (SSSR count). The maximum atomic E-state index is 9.98. The number of hydrogen-bond acceptors (Lipinski definition) is 6. The largest absolute Gasteiger partial charge is 0.507 e. The van der Waals surface area contributed by atoms with Crippen molar-refractivity contribution in [1.82, 2.24) is 9.97 Å². The predicted octanol–water partition coefficient (Wildman–Crippen LogP) is 3.61. The summed E-state index contributed by atoms with van der Waals surface area (Å²) in [5, 5.41) is 14.2. The topological polar surface area (TPSA) is 79.6 Å². The van der Waals surface area contributed by atoms with Gasteiger partial charge in [-0.1, -0.05) is 24.3 Å². The molecule has 0 aliphatic heterocycles. The van der Waals surface area contributed by atoms with E-state index in [0.29, 0.717) is 17.2 Å². The number of benzene rings is 2. The fourth-order valence-corrected chi connectivity index (χ4v) is 2.35. The standard InChI is InChI=1S/C19H18N4O2/c1-13-11-18(22-19(21-13)15-8-4-5-9-16(15)24)23-20-12-14-7-3-6-10-17(14)25-2/h3-12,24H,1-2H3,(H,21,22,23). The van der Waals surface area contributed by atoms with Crippen LogP contribution in [0.4, 0.5) is 5.82 Å². The van der Waals surface area contributed by atoms with E-state index in [1.807, 2.05) is 37.3 Å². The predicted molar refractivity (Wildman–Crippen MR) is 98.1 cm³/mol. The van der Waals surface area contributed by atoms with Crippen LogP contribution in [0.15, 0.2) is 59.7 Å². The molecule has 3 aromatic rings. The molecular weight excluding hydrogens is 316 g/mol. The number of methoxy groups -OCH3 is 1. The van der Waals surface area contributed by atoms with E-state index in [4.69, 9.17) is 4.74 Å². The highest BCUT2D eigenvalue weighted by Crippen LogP contribution is 2.26. The fraction of sp³-hybridized carbons (Fsp3) is 0.105. The number of aryl methyl sites for hydroxylation is 1. The van der Waals surface area contributed by atoms with Crippen LogP contribution in [0, 0.1) is 6.92 Å². The number of nitrogens with zero attached hydrogens (tertiary/aromatic N) is 3. The van der Waals surface area contributed by atoms with Crippen LogP contribution in [0.5, 0.6) is 11.5 Å². The molecule has 0 aliphatic carbocycles. The molecule has 1 heterocycles. The van der Waals surface area contributed by atoms with Crippen LogP contribution in [-0.4, -0.2) is 28.4 Å². The van der Waals surface area contributed by atoms with Crippen molar-refractivity contribution in [2.75, 3.05) is 12.5 Å². The molecule has 0 saturated carbocycles. The lowest BCUT2D eigenvalue weighted by molar-refractivity contribution is 0.414. The van der Waals surface area contributed by atoms with Crippen molar-refractivity contribution in [1.29, 1.82) is 0 Å². The molecule has 6 nitrogen and oxygen atoms in total. The number of phenolic OH excluding ortho intramolecular Hbond substituents is 1. The fourth-order valence-electron chi connectivity index (χ4n) is 2.35. The molecule has 6 heteroatoms. The second-order valence-electron chi connectivity index (χ2n) is 5.35. The Balaban J connectivity index is 1.84. The highest BCUT2D eigenvalue weighted by molar-refractivity contribution is 5.83. The minimum atomic E-state index is 0.136. The van der Waals surface area contributed by atoms with Crippen LogP contribution in [-0.2, 0) is 0 Å². The average molecular weight is 334 g/mol. The number of phenols is 1. The van der Waals surface area contributed by atoms with Crippen LogP contribution in [0.1, 0.15) is 11.3 Å². The molecule has 0 bridgehead atoms. The molecule has 2 aromatic carbocycles. The Morgan fingerprint density at radius 1 is 1.08 bits per heavy atom. The maximum Gasteiger partial charge on any atom is 0.165 e. The van der Waals surface area contributed by atoms with Crippen molar-refractivity contribution in [3.05, 3.63) is 65.9 Å². The molecule has 0 unspecified atom stereocenters. The Bertz CT molecular complexity index is 909. The first-order valence-electron chi connectivity index (χ1n) is 7.73. The number of aromatic hydroxyl groups is 1. The van der Waals surface area contributed by atoms with E-state index >= 15 is 0 Å². The highest BCUT2D eigenvalue weighted by atomic mass is 16.5. The van der Waals surface area contributed by atoms with Crippen LogP contribution >= 0.6 is 0 Å². The first-order valence-corrected chi connectivity index (χ1v) is 7.73. The summed E-state index contributed by atoms with van der Waals surface area (Å²) in [6.45, 7) is 1.86. The Hall–Kier alpha value is -3.41. The number of anilines is 1. The van der Waals surface area contributed by atoms with Crippen LogP contribution < -0.4 is 10.2 Å². The number of hydrogen-bond donors (Lipinski definition) is 2. The summed E-state index contributed by atoms with van der Waals surface area (Å²) in [6, 6.07) is 16.3. The van der Waals surface area contributed by atoms with Gasteiger partial charge in [-0.05, 0) is 31.2 Å². The zero-order chi connectivity index (χ0) is 17.6. The lowest BCUT2D eigenvalue weighted by Crippen LogP contribution is -1.99. The molecule has 126 valence electrons. The van der Waals surface area contributed by atoms with Crippen molar-refractivity contribution in [3.63, 3.8) is 0 Å². The Kier molecular flexibility index (Phi) is 4.89. The second kappa shape index (κ2) is 7.44. The van der Waals surface area contributed by atoms with Crippen LogP contribution in [0.2, 0.25) is 0 Å². The van der Waals surface area contributed by atoms with Gasteiger partial charge in [0.1, 0.15) is 11.5 Å². The van der Waals surface area contributed by atoms with Crippen molar-refractivity contribution in [2.45, 2.75) is 6.92 Å². The minimum absolute atomic E-state index is 0.136. The van der Waals surface area contributed by atoms with Crippen molar-refractivity contribution >= 4 is 12.0 Å². The number of rotatable bonds is 5. The SMILES string of the molecule is COc1ccccc1C=NNc1cc(C)nc(-c2ccccc2O)n1. The quantitative estimate of drug-likeness (QED) is 0.550. The molecule has 0 fully saturated rings. The third kappa shape index (κ3) is 3.92. The average Bonchev–Trinajstić information content (AvgIpc) is 2.62. The van der Waals surface area contributed by atoms with E-state index in [1.165, 1.54) is 0 Å². The van der Waals surface area contributed by atoms with Gasteiger partial charge in [-0.3, -0.25) is 5.43 Å². The molecule has 1 aromatic heterocycles. The molecule has 0 spiro atoms. The Labute approximate surface area is 145 Å². The van der Waals surface area contributed by atoms with E-state index in [2.05, 4.69) is 20.5 Å². The maximum absolute atomic E-state index is 9.98. The summed E-state index contributed by atoms with van der Waals surface area (Å²) in [7, 11) is 1.62. The van der Waals surface area contributed by atoms with Gasteiger partial charge in [0.15, 0.2) is 11.6 Å². The number of ether oxygens (including phenoxy) is 1. The molecule has 0 radical (unpaired) electrons. The van der Waals surface area contributed by atoms with Crippen LogP contribution in [0.3, 0.4) is 0 Å². The number of aromatic nitrogens is 2. The first-order chi connectivity index (χ1) is 12.2. The summed E-state index contributed by atoms with van der Waals surface area (Å²) in [5.74, 6) is 1.85. The molecular formula is C19H18N4O2. The van der Waals surface area contributed by atoms with E-state index in [0.717, 1.165) is 17.0 Å². The second-order valence-corrected chi connectivity index (χ2v) is 5.35. The third-order valence-corrected chi connectivity index (χ3v) is 3.52. The molecule has 0 saturated heterocycles. The van der Waals surface area contributed by atoms with Gasteiger partial charge in [-0.15, -0.1) is 0 Å². The van der Waals surface area contributed by atoms with E-state index in [9.17, 15) is 5.11 Å². The normalized spacial score (nSPS) is 10.8. The van der Waals surface area contributed by atoms with Crippen molar-refractivity contribution in [2.24, 2.45) is 5.10 Å². The highest BCUT2D eigenvalue weighted by Gasteiger charge is 2.08. The van der Waals surface area contributed by atoms with Gasteiger partial charge in [0.2, 0.25) is 0 Å². The van der Waals surface area contributed by atoms with Gasteiger partial charge in [0, 0.05) is 17.3 Å². The van der Waals surface area contributed by atoms with Crippen LogP contribution in [0.25, 0.3) is 11.4 Å². The summed E-state index contributed by atoms with van der Waals surface area (Å²) >= 11 is 0. The molecule has 0 aliphatic rings. The van der Waals surface area contributed by atoms with Gasteiger partial charge in [0.25, 0.3) is 0 Å². The lowest BCUT2D eigenvalue weighted by atomic mass is 10.2. The number of para-hydroxylation sites is 2. The zero-order valence-corrected chi connectivity index (χ0v) is 14.0. The van der Waals surface area contributed by atoms with Crippen molar-refractivity contribution < 1.29 is 9.84 Å². The van der Waals surface area contributed by atoms with Gasteiger partial charge in [-0.25, -0.2) is 9.97 Å². The summed E-state index contributed by atoms with van der Waals surface area (Å²) in [5.41, 5.74) is 5.09. The molecule has 0 atom stereocenters. The smallest absolute Gasteiger partial charge is 0.165 e. The lowest BCUT2D eigenvalue weighted by Gasteiger charge is -2.07. The first kappa shape index (κ1) is 16.4. The summed E-state index contributed by atoms with van der Waals surface area (Å²) in [6.07, 6.45) is 1.66.